The summed E-state index contributed by atoms with van der Waals surface area (Å²) in [4.78, 5) is 27.6. The Hall–Kier alpha value is -2.10. The lowest BCUT2D eigenvalue weighted by atomic mass is 9.92. The third-order valence-corrected chi connectivity index (χ3v) is 6.26. The minimum atomic E-state index is -4.73. The van der Waals surface area contributed by atoms with Crippen molar-refractivity contribution in [3.63, 3.8) is 0 Å². The van der Waals surface area contributed by atoms with Gasteiger partial charge in [0.05, 0.1) is 0 Å². The van der Waals surface area contributed by atoms with Crippen LogP contribution >= 0.6 is 11.8 Å². The summed E-state index contributed by atoms with van der Waals surface area (Å²) in [6, 6.07) is 5.18. The lowest BCUT2D eigenvalue weighted by molar-refractivity contribution is -0.274. The molecule has 1 saturated heterocycles. The first-order chi connectivity index (χ1) is 15.5. The second kappa shape index (κ2) is 13.0. The molecule has 0 radical (unpaired) electrons. The zero-order valence-corrected chi connectivity index (χ0v) is 20.2. The normalized spacial score (nSPS) is 16.6. The van der Waals surface area contributed by atoms with Crippen molar-refractivity contribution < 1.29 is 27.5 Å². The van der Waals surface area contributed by atoms with Crippen LogP contribution in [-0.4, -0.2) is 60.3 Å². The lowest BCUT2D eigenvalue weighted by Crippen LogP contribution is -2.43. The van der Waals surface area contributed by atoms with Gasteiger partial charge in [-0.2, -0.15) is 11.8 Å². The van der Waals surface area contributed by atoms with Crippen LogP contribution in [0.4, 0.5) is 18.9 Å². The van der Waals surface area contributed by atoms with E-state index < -0.39 is 12.3 Å². The van der Waals surface area contributed by atoms with Crippen LogP contribution in [-0.2, 0) is 9.59 Å². The molecule has 33 heavy (non-hydrogen) atoms. The van der Waals surface area contributed by atoms with E-state index in [0.717, 1.165) is 31.0 Å². The molecule has 2 amide bonds. The van der Waals surface area contributed by atoms with Crippen LogP contribution in [0.25, 0.3) is 0 Å². The molecule has 2 rings (SSSR count). The van der Waals surface area contributed by atoms with Crippen LogP contribution in [0.5, 0.6) is 5.75 Å². The van der Waals surface area contributed by atoms with Crippen molar-refractivity contribution in [2.45, 2.75) is 52.4 Å². The Bertz CT molecular complexity index is 752. The molecule has 1 aromatic carbocycles. The van der Waals surface area contributed by atoms with Crippen molar-refractivity contribution in [1.82, 2.24) is 10.2 Å². The van der Waals surface area contributed by atoms with Gasteiger partial charge in [0.2, 0.25) is 11.8 Å². The van der Waals surface area contributed by atoms with Crippen LogP contribution in [0.15, 0.2) is 24.3 Å². The number of benzene rings is 1. The van der Waals surface area contributed by atoms with Crippen molar-refractivity contribution >= 4 is 29.3 Å². The van der Waals surface area contributed by atoms with E-state index in [9.17, 15) is 22.8 Å². The minimum Gasteiger partial charge on any atom is -0.406 e. The summed E-state index contributed by atoms with van der Waals surface area (Å²) in [5.74, 6) is 1.46. The highest BCUT2D eigenvalue weighted by molar-refractivity contribution is 7.99. The molecule has 0 bridgehead atoms. The Balaban J connectivity index is 1.86. The third-order valence-electron chi connectivity index (χ3n) is 5.21. The fourth-order valence-electron chi connectivity index (χ4n) is 3.64. The summed E-state index contributed by atoms with van der Waals surface area (Å²) in [6.45, 7) is 7.76. The summed E-state index contributed by atoms with van der Waals surface area (Å²) >= 11 is 1.85. The Morgan fingerprint density at radius 2 is 1.82 bits per heavy atom. The molecule has 2 atom stereocenters. The van der Waals surface area contributed by atoms with Gasteiger partial charge in [-0.1, -0.05) is 13.8 Å². The number of ether oxygens (including phenoxy) is 1. The molecule has 1 aromatic rings. The number of nitrogens with one attached hydrogen (secondary N) is 2. The predicted molar refractivity (Wildman–Crippen MR) is 125 cm³/mol. The Labute approximate surface area is 198 Å². The molecular formula is C23H34F3N3O3S. The van der Waals surface area contributed by atoms with Gasteiger partial charge in [-0.3, -0.25) is 9.59 Å². The van der Waals surface area contributed by atoms with Crippen molar-refractivity contribution in [3.8, 4) is 5.75 Å². The average molecular weight is 490 g/mol. The molecule has 0 saturated carbocycles. The largest absolute Gasteiger partial charge is 0.573 e. The average Bonchev–Trinajstić information content (AvgIpc) is 3.01. The van der Waals surface area contributed by atoms with Gasteiger partial charge in [0, 0.05) is 49.5 Å². The Morgan fingerprint density at radius 3 is 2.45 bits per heavy atom. The first-order valence-electron chi connectivity index (χ1n) is 11.3. The van der Waals surface area contributed by atoms with E-state index >= 15 is 0 Å². The highest BCUT2D eigenvalue weighted by Gasteiger charge is 2.31. The molecule has 10 heteroatoms. The van der Waals surface area contributed by atoms with Gasteiger partial charge in [0.1, 0.15) is 5.75 Å². The van der Waals surface area contributed by atoms with Crippen LogP contribution < -0.4 is 15.4 Å². The summed E-state index contributed by atoms with van der Waals surface area (Å²) in [5, 5.41) is 6.06. The molecule has 2 N–H and O–H groups in total. The van der Waals surface area contributed by atoms with Crippen molar-refractivity contribution in [3.05, 3.63) is 24.3 Å². The summed E-state index contributed by atoms with van der Waals surface area (Å²) in [5.41, 5.74) is 0.610. The van der Waals surface area contributed by atoms with E-state index in [2.05, 4.69) is 15.4 Å². The Kier molecular flexibility index (Phi) is 10.7. The zero-order valence-electron chi connectivity index (χ0n) is 19.4. The van der Waals surface area contributed by atoms with E-state index in [1.807, 2.05) is 37.4 Å². The number of halogens is 3. The van der Waals surface area contributed by atoms with E-state index in [-0.39, 0.29) is 35.9 Å². The lowest BCUT2D eigenvalue weighted by Gasteiger charge is -2.25. The molecule has 1 aliphatic heterocycles. The van der Waals surface area contributed by atoms with Crippen molar-refractivity contribution in [1.29, 1.82) is 0 Å². The maximum absolute atomic E-state index is 12.9. The second-order valence-electron chi connectivity index (χ2n) is 8.74. The van der Waals surface area contributed by atoms with E-state index in [1.165, 1.54) is 24.3 Å². The van der Waals surface area contributed by atoms with Gasteiger partial charge in [-0.15, -0.1) is 13.2 Å². The van der Waals surface area contributed by atoms with Crippen molar-refractivity contribution in [2.75, 3.05) is 36.5 Å². The zero-order chi connectivity index (χ0) is 24.4. The van der Waals surface area contributed by atoms with Gasteiger partial charge >= 0.3 is 6.36 Å². The quantitative estimate of drug-likeness (QED) is 0.506. The van der Waals surface area contributed by atoms with Crippen LogP contribution in [0.3, 0.4) is 0 Å². The second-order valence-corrected chi connectivity index (χ2v) is 9.96. The molecule has 1 aliphatic rings. The molecule has 1 fully saturated rings. The predicted octanol–water partition coefficient (Wildman–Crippen LogP) is 4.52. The van der Waals surface area contributed by atoms with Crippen LogP contribution in [0, 0.1) is 11.8 Å². The molecular weight excluding hydrogens is 455 g/mol. The maximum atomic E-state index is 12.9. The molecule has 186 valence electrons. The van der Waals surface area contributed by atoms with Gasteiger partial charge in [0.25, 0.3) is 0 Å². The summed E-state index contributed by atoms with van der Waals surface area (Å²) in [7, 11) is 0. The molecule has 0 aromatic heterocycles. The molecule has 1 heterocycles. The SMILES string of the molecule is CC(C)CC(CC(=O)N1CCCSCC1)C(=O)N[C@@H](C)CNc1ccc(OC(F)(F)F)cc1. The number of carbonyl (C=O) groups is 2. The third kappa shape index (κ3) is 10.6. The summed E-state index contributed by atoms with van der Waals surface area (Å²) < 4.78 is 40.6. The van der Waals surface area contributed by atoms with E-state index in [4.69, 9.17) is 0 Å². The van der Waals surface area contributed by atoms with Gasteiger partial charge < -0.3 is 20.3 Å². The highest BCUT2D eigenvalue weighted by atomic mass is 32.2. The fraction of sp³-hybridized carbons (Fsp3) is 0.652. The topological polar surface area (TPSA) is 70.7 Å². The Morgan fingerprint density at radius 1 is 1.12 bits per heavy atom. The minimum absolute atomic E-state index is 0.0326. The molecule has 0 spiro atoms. The first-order valence-corrected chi connectivity index (χ1v) is 12.4. The number of thioether (sulfide) groups is 1. The first kappa shape index (κ1) is 27.1. The molecule has 1 unspecified atom stereocenters. The number of hydrogen-bond acceptors (Lipinski definition) is 5. The van der Waals surface area contributed by atoms with Gasteiger partial charge in [-0.05, 0) is 55.7 Å². The van der Waals surface area contributed by atoms with Crippen molar-refractivity contribution in [2.24, 2.45) is 11.8 Å². The number of carbonyl (C=O) groups excluding carboxylic acids is 2. The van der Waals surface area contributed by atoms with Gasteiger partial charge in [0.15, 0.2) is 0 Å². The number of nitrogens with zero attached hydrogens (tertiary/aromatic N) is 1. The number of hydrogen-bond donors (Lipinski definition) is 2. The fourth-order valence-corrected chi connectivity index (χ4v) is 4.53. The van der Waals surface area contributed by atoms with Gasteiger partial charge in [-0.25, -0.2) is 0 Å². The van der Waals surface area contributed by atoms with Crippen LogP contribution in [0.2, 0.25) is 0 Å². The van der Waals surface area contributed by atoms with E-state index in [1.54, 1.807) is 0 Å². The number of amides is 2. The smallest absolute Gasteiger partial charge is 0.406 e. The number of anilines is 1. The van der Waals surface area contributed by atoms with E-state index in [0.29, 0.717) is 18.7 Å². The number of alkyl halides is 3. The van der Waals surface area contributed by atoms with Crippen LogP contribution in [0.1, 0.15) is 40.0 Å². The molecule has 6 nitrogen and oxygen atoms in total. The standard InChI is InChI=1S/C23H34F3N3O3S/c1-16(2)13-18(14-21(30)29-9-4-11-33-12-10-29)22(31)28-17(3)15-27-19-5-7-20(8-6-19)32-23(24,25)26/h5-8,16-18,27H,4,9-15H2,1-3H3,(H,28,31)/t17-,18?/m0/s1. The number of rotatable bonds is 10. The highest BCUT2D eigenvalue weighted by Crippen LogP contribution is 2.24. The summed E-state index contributed by atoms with van der Waals surface area (Å²) in [6.07, 6.45) is -2.92. The monoisotopic (exact) mass is 489 g/mol. The molecule has 0 aliphatic carbocycles. The maximum Gasteiger partial charge on any atom is 0.573 e.